The quantitative estimate of drug-likeness (QED) is 0.288. The van der Waals surface area contributed by atoms with Crippen LogP contribution in [0.5, 0.6) is 23.0 Å². The van der Waals surface area contributed by atoms with E-state index in [4.69, 9.17) is 18.9 Å². The van der Waals surface area contributed by atoms with Gasteiger partial charge in [0, 0.05) is 95.9 Å². The summed E-state index contributed by atoms with van der Waals surface area (Å²) in [4.78, 5) is 53.7. The fourth-order valence-electron chi connectivity index (χ4n) is 6.66. The van der Waals surface area contributed by atoms with Crippen molar-refractivity contribution in [2.45, 2.75) is 51.4 Å². The van der Waals surface area contributed by atoms with Crippen molar-refractivity contribution in [3.05, 3.63) is 117 Å². The van der Waals surface area contributed by atoms with Crippen molar-refractivity contribution in [1.29, 1.82) is 0 Å². The average Bonchev–Trinajstić information content (AvgIpc) is 3.05. The maximum atomic E-state index is 13.4. The zero-order valence-corrected chi connectivity index (χ0v) is 27.9. The number of ketones is 4. The first kappa shape index (κ1) is 34.1. The van der Waals surface area contributed by atoms with Gasteiger partial charge >= 0.3 is 0 Å². The molecule has 8 nitrogen and oxygen atoms in total. The predicted octanol–water partition coefficient (Wildman–Crippen LogP) is 5.45. The first-order valence-electron chi connectivity index (χ1n) is 15.9. The lowest BCUT2D eigenvalue weighted by atomic mass is 9.93. The van der Waals surface area contributed by atoms with Gasteiger partial charge in [-0.05, 0) is 0 Å². The summed E-state index contributed by atoms with van der Waals surface area (Å²) in [7, 11) is 6.13. The lowest BCUT2D eigenvalue weighted by Crippen LogP contribution is -2.14. The minimum Gasteiger partial charge on any atom is -0.496 e. The van der Waals surface area contributed by atoms with Gasteiger partial charge in [-0.15, -0.1) is 0 Å². The van der Waals surface area contributed by atoms with Gasteiger partial charge in [0.05, 0.1) is 28.4 Å². The highest BCUT2D eigenvalue weighted by Crippen LogP contribution is 2.32. The Morgan fingerprint density at radius 1 is 0.312 bits per heavy atom. The number of hydrogen-bond acceptors (Lipinski definition) is 8. The van der Waals surface area contributed by atoms with E-state index < -0.39 is 0 Å². The van der Waals surface area contributed by atoms with E-state index in [0.29, 0.717) is 67.5 Å². The highest BCUT2D eigenvalue weighted by atomic mass is 16.5. The number of hydrogen-bond donors (Lipinski definition) is 0. The summed E-state index contributed by atoms with van der Waals surface area (Å²) >= 11 is 0. The summed E-state index contributed by atoms with van der Waals surface area (Å²) in [5.41, 5.74) is 5.46. The van der Waals surface area contributed by atoms with Gasteiger partial charge in [-0.1, -0.05) is 72.8 Å². The molecule has 0 amide bonds. The molecule has 0 aliphatic heterocycles. The van der Waals surface area contributed by atoms with Crippen LogP contribution in [-0.4, -0.2) is 51.6 Å². The third-order valence-electron chi connectivity index (χ3n) is 8.63. The molecule has 0 unspecified atom stereocenters. The second-order valence-corrected chi connectivity index (χ2v) is 12.0. The fraction of sp³-hybridized carbons (Fsp3) is 0.300. The molecule has 5 rings (SSSR count). The largest absolute Gasteiger partial charge is 0.496 e. The maximum Gasteiger partial charge on any atom is 0.141 e. The molecule has 0 radical (unpaired) electrons. The summed E-state index contributed by atoms with van der Waals surface area (Å²) in [6, 6.07) is 21.9. The number of Topliss-reactive ketones (excluding diaryl/α,β-unsaturated/α-hetero) is 4. The first-order chi connectivity index (χ1) is 23.2. The predicted molar refractivity (Wildman–Crippen MR) is 182 cm³/mol. The molecular weight excluding hydrogens is 608 g/mol. The van der Waals surface area contributed by atoms with Gasteiger partial charge in [0.25, 0.3) is 0 Å². The van der Waals surface area contributed by atoms with E-state index >= 15 is 0 Å². The monoisotopic (exact) mass is 648 g/mol. The molecule has 4 aromatic carbocycles. The lowest BCUT2D eigenvalue weighted by Gasteiger charge is -2.17. The molecule has 1 aliphatic rings. The Bertz CT molecular complexity index is 1480. The second kappa shape index (κ2) is 15.6. The number of carbonyl (C=O) groups is 4. The number of ether oxygens (including phenoxy) is 4. The van der Waals surface area contributed by atoms with Crippen molar-refractivity contribution in [2.75, 3.05) is 28.4 Å². The van der Waals surface area contributed by atoms with Crippen molar-refractivity contribution < 1.29 is 38.1 Å². The fourth-order valence-corrected chi connectivity index (χ4v) is 6.66. The molecule has 4 aromatic rings. The molecule has 0 heterocycles. The van der Waals surface area contributed by atoms with Crippen LogP contribution in [-0.2, 0) is 70.5 Å². The van der Waals surface area contributed by atoms with Crippen molar-refractivity contribution >= 4 is 23.1 Å². The molecule has 0 atom stereocenters. The lowest BCUT2D eigenvalue weighted by molar-refractivity contribution is -0.118. The number of methoxy groups -OCH3 is 4. The first-order valence-corrected chi connectivity index (χ1v) is 15.9. The number of benzene rings is 4. The van der Waals surface area contributed by atoms with Crippen molar-refractivity contribution in [3.8, 4) is 23.0 Å². The minimum atomic E-state index is -0.0642. The summed E-state index contributed by atoms with van der Waals surface area (Å²) in [5, 5.41) is 0. The van der Waals surface area contributed by atoms with Gasteiger partial charge in [0.2, 0.25) is 0 Å². The van der Waals surface area contributed by atoms with E-state index in [1.54, 1.807) is 0 Å². The van der Waals surface area contributed by atoms with Gasteiger partial charge in [-0.2, -0.15) is 0 Å². The van der Waals surface area contributed by atoms with Crippen molar-refractivity contribution in [1.82, 2.24) is 0 Å². The van der Waals surface area contributed by atoms with Crippen molar-refractivity contribution in [3.63, 3.8) is 0 Å². The van der Waals surface area contributed by atoms with Gasteiger partial charge in [0.1, 0.15) is 46.1 Å². The molecule has 8 bridgehead atoms. The molecule has 0 N–H and O–H groups in total. The molecule has 0 fully saturated rings. The van der Waals surface area contributed by atoms with Crippen LogP contribution in [0, 0.1) is 0 Å². The van der Waals surface area contributed by atoms with Gasteiger partial charge < -0.3 is 18.9 Å². The SMILES string of the molecule is COc1c2cccc1CC(=O)Cc1cccc(c1OC)CC(=O)Cc1cccc(c1OC)CC(=O)Cc1cccc(c1OC)CC(=O)C2. The highest BCUT2D eigenvalue weighted by Gasteiger charge is 2.22. The Balaban J connectivity index is 1.55. The molecule has 1 aliphatic carbocycles. The zero-order valence-electron chi connectivity index (χ0n) is 27.9. The third-order valence-corrected chi connectivity index (χ3v) is 8.63. The molecule has 0 saturated heterocycles. The number of carbonyl (C=O) groups excluding carboxylic acids is 4. The Labute approximate surface area is 281 Å². The van der Waals surface area contributed by atoms with Crippen LogP contribution in [0.1, 0.15) is 44.5 Å². The Kier molecular flexibility index (Phi) is 11.1. The maximum absolute atomic E-state index is 13.4. The van der Waals surface area contributed by atoms with Gasteiger partial charge in [0.15, 0.2) is 0 Å². The summed E-state index contributed by atoms with van der Waals surface area (Å²) in [6.07, 6.45) is 0.758. The average molecular weight is 649 g/mol. The van der Waals surface area contributed by atoms with Crippen LogP contribution >= 0.6 is 0 Å². The smallest absolute Gasteiger partial charge is 0.141 e. The molecule has 0 saturated carbocycles. The van der Waals surface area contributed by atoms with Crippen LogP contribution in [0.15, 0.2) is 72.8 Å². The Hall–Kier alpha value is -5.24. The standard InChI is InChI=1S/C40H40O8/c1-45-37-25-9-5-10-26(37)18-34(42)20-28-12-7-14-30(39(28)47-3)22-36(44)24-32-16-8-15-31(40(32)48-4)23-35(43)21-29-13-6-11-27(38(29)46-2)19-33(41)17-25/h5-16H,17-24H2,1-4H3. The zero-order chi connectivity index (χ0) is 34.2. The van der Waals surface area contributed by atoms with Gasteiger partial charge in [-0.3, -0.25) is 19.2 Å². The van der Waals surface area contributed by atoms with Crippen LogP contribution in [0.2, 0.25) is 0 Å². The van der Waals surface area contributed by atoms with E-state index in [-0.39, 0.29) is 74.5 Å². The number of para-hydroxylation sites is 4. The Morgan fingerprint density at radius 2 is 0.458 bits per heavy atom. The van der Waals surface area contributed by atoms with E-state index in [2.05, 4.69) is 0 Å². The summed E-state index contributed by atoms with van der Waals surface area (Å²) < 4.78 is 22.9. The topological polar surface area (TPSA) is 105 Å². The van der Waals surface area contributed by atoms with Crippen LogP contribution in [0.25, 0.3) is 0 Å². The summed E-state index contributed by atoms with van der Waals surface area (Å²) in [6.45, 7) is 0. The van der Waals surface area contributed by atoms with E-state index in [1.165, 1.54) is 28.4 Å². The highest BCUT2D eigenvalue weighted by molar-refractivity contribution is 5.89. The summed E-state index contributed by atoms with van der Waals surface area (Å²) in [5.74, 6) is 1.76. The Morgan fingerprint density at radius 3 is 0.583 bits per heavy atom. The van der Waals surface area contributed by atoms with E-state index in [1.807, 2.05) is 72.8 Å². The molecule has 0 aromatic heterocycles. The minimum absolute atomic E-state index is 0.0642. The van der Waals surface area contributed by atoms with Gasteiger partial charge in [-0.25, -0.2) is 0 Å². The normalized spacial score (nSPS) is 14.6. The van der Waals surface area contributed by atoms with E-state index in [9.17, 15) is 19.2 Å². The third kappa shape index (κ3) is 7.82. The van der Waals surface area contributed by atoms with E-state index in [0.717, 1.165) is 0 Å². The van der Waals surface area contributed by atoms with Crippen molar-refractivity contribution in [2.24, 2.45) is 0 Å². The molecule has 0 spiro atoms. The molecule has 8 heteroatoms. The molecule has 248 valence electrons. The molecule has 48 heavy (non-hydrogen) atoms. The van der Waals surface area contributed by atoms with Crippen LogP contribution < -0.4 is 18.9 Å². The number of fused-ring (bicyclic) bond motifs is 8. The van der Waals surface area contributed by atoms with Crippen LogP contribution in [0.4, 0.5) is 0 Å². The second-order valence-electron chi connectivity index (χ2n) is 12.0. The van der Waals surface area contributed by atoms with Crippen LogP contribution in [0.3, 0.4) is 0 Å². The number of rotatable bonds is 4. The molecular formula is C40H40O8.